The van der Waals surface area contributed by atoms with Crippen LogP contribution in [0.1, 0.15) is 40.5 Å². The lowest BCUT2D eigenvalue weighted by Gasteiger charge is -2.30. The fraction of sp³-hybridized carbons (Fsp3) is 0.600. The molecule has 25 heavy (non-hydrogen) atoms. The molecule has 2 saturated heterocycles. The van der Waals surface area contributed by atoms with Crippen LogP contribution in [0.25, 0.3) is 0 Å². The molecular weight excluding hydrogens is 320 g/mol. The molecule has 6 atom stereocenters. The zero-order valence-corrected chi connectivity index (χ0v) is 15.1. The van der Waals surface area contributed by atoms with E-state index in [9.17, 15) is 9.59 Å². The summed E-state index contributed by atoms with van der Waals surface area (Å²) in [7, 11) is 0. The van der Waals surface area contributed by atoms with Crippen molar-refractivity contribution in [2.45, 2.75) is 64.4 Å². The van der Waals surface area contributed by atoms with Crippen LogP contribution >= 0.6 is 0 Å². The highest BCUT2D eigenvalue weighted by molar-refractivity contribution is 5.92. The van der Waals surface area contributed by atoms with Crippen molar-refractivity contribution in [3.63, 3.8) is 0 Å². The Morgan fingerprint density at radius 2 is 2.12 bits per heavy atom. The molecule has 4 rings (SSSR count). The molecule has 2 aliphatic heterocycles. The molecule has 0 radical (unpaired) electrons. The van der Waals surface area contributed by atoms with Crippen LogP contribution in [0.2, 0.25) is 0 Å². The van der Waals surface area contributed by atoms with Crippen molar-refractivity contribution in [3.8, 4) is 0 Å². The molecule has 0 aromatic rings. The molecule has 5 heteroatoms. The van der Waals surface area contributed by atoms with Crippen molar-refractivity contribution in [2.75, 3.05) is 0 Å². The van der Waals surface area contributed by atoms with Gasteiger partial charge in [0.05, 0.1) is 12.0 Å². The summed E-state index contributed by atoms with van der Waals surface area (Å²) in [6.07, 6.45) is 2.60. The molecule has 1 saturated carbocycles. The summed E-state index contributed by atoms with van der Waals surface area (Å²) in [5.41, 5.74) is 3.21. The van der Waals surface area contributed by atoms with Gasteiger partial charge in [-0.15, -0.1) is 0 Å². The van der Waals surface area contributed by atoms with E-state index in [1.54, 1.807) is 19.9 Å². The maximum atomic E-state index is 12.3. The molecule has 4 aliphatic rings. The lowest BCUT2D eigenvalue weighted by atomic mass is 9.80. The van der Waals surface area contributed by atoms with Gasteiger partial charge in [0.2, 0.25) is 0 Å². The normalized spacial score (nSPS) is 42.4. The predicted octanol–water partition coefficient (Wildman–Crippen LogP) is 2.86. The lowest BCUT2D eigenvalue weighted by molar-refractivity contribution is -0.149. The third kappa shape index (κ3) is 2.25. The summed E-state index contributed by atoms with van der Waals surface area (Å²) >= 11 is 0. The van der Waals surface area contributed by atoms with Gasteiger partial charge in [-0.25, -0.2) is 9.59 Å². The fourth-order valence-corrected chi connectivity index (χ4v) is 4.77. The van der Waals surface area contributed by atoms with E-state index in [0.29, 0.717) is 17.6 Å². The smallest absolute Gasteiger partial charge is 0.334 e. The maximum absolute atomic E-state index is 12.3. The van der Waals surface area contributed by atoms with Crippen molar-refractivity contribution in [3.05, 3.63) is 34.9 Å². The standard InChI is InChI=1S/C20H24O5/c1-6-9(2)18(21)23-13-7-10(3)12-8-14-20(5,25-14)16(12)17-15(13)11(4)19(22)24-17/h6,13-17H,4,7-8H2,1-3,5H3/b9-6-/t13-,14-,15+,16-,17-,20-/m0/s1. The Kier molecular flexibility index (Phi) is 3.52. The molecule has 2 heterocycles. The summed E-state index contributed by atoms with van der Waals surface area (Å²) < 4.78 is 17.4. The van der Waals surface area contributed by atoms with Crippen LogP contribution in [0.5, 0.6) is 0 Å². The fourth-order valence-electron chi connectivity index (χ4n) is 4.77. The molecule has 134 valence electrons. The van der Waals surface area contributed by atoms with Crippen LogP contribution in [-0.2, 0) is 23.8 Å². The lowest BCUT2D eigenvalue weighted by Crippen LogP contribution is -2.40. The highest BCUT2D eigenvalue weighted by atomic mass is 16.6. The Labute approximate surface area is 147 Å². The number of rotatable bonds is 2. The first kappa shape index (κ1) is 16.6. The second-order valence-electron chi connectivity index (χ2n) is 7.82. The first-order chi connectivity index (χ1) is 11.8. The number of carbonyl (C=O) groups is 2. The quantitative estimate of drug-likeness (QED) is 0.334. The van der Waals surface area contributed by atoms with Gasteiger partial charge in [-0.2, -0.15) is 0 Å². The highest BCUT2D eigenvalue weighted by Gasteiger charge is 2.70. The Balaban J connectivity index is 1.73. The molecule has 2 aliphatic carbocycles. The van der Waals surface area contributed by atoms with E-state index < -0.39 is 6.10 Å². The number of hydrogen-bond acceptors (Lipinski definition) is 5. The van der Waals surface area contributed by atoms with Gasteiger partial charge in [0, 0.05) is 23.5 Å². The van der Waals surface area contributed by atoms with Gasteiger partial charge in [-0.3, -0.25) is 0 Å². The van der Waals surface area contributed by atoms with Gasteiger partial charge in [0.25, 0.3) is 0 Å². The third-order valence-electron chi connectivity index (χ3n) is 6.44. The minimum absolute atomic E-state index is 0.0252. The van der Waals surface area contributed by atoms with Crippen LogP contribution < -0.4 is 0 Å². The zero-order valence-electron chi connectivity index (χ0n) is 15.1. The highest BCUT2D eigenvalue weighted by Crippen LogP contribution is 2.62. The molecule has 0 bridgehead atoms. The van der Waals surface area contributed by atoms with Gasteiger partial charge >= 0.3 is 11.9 Å². The van der Waals surface area contributed by atoms with Crippen LogP contribution in [0, 0.1) is 11.8 Å². The number of hydrogen-bond donors (Lipinski definition) is 0. The van der Waals surface area contributed by atoms with Crippen LogP contribution in [0.3, 0.4) is 0 Å². The number of epoxide rings is 1. The Bertz CT molecular complexity index is 745. The number of carbonyl (C=O) groups excluding carboxylic acids is 2. The molecule has 5 nitrogen and oxygen atoms in total. The number of fused-ring (bicyclic) bond motifs is 5. The minimum Gasteiger partial charge on any atom is -0.458 e. The van der Waals surface area contributed by atoms with E-state index in [0.717, 1.165) is 6.42 Å². The maximum Gasteiger partial charge on any atom is 0.334 e. The first-order valence-electron chi connectivity index (χ1n) is 8.88. The third-order valence-corrected chi connectivity index (χ3v) is 6.44. The number of allylic oxidation sites excluding steroid dienone is 1. The molecule has 0 aromatic carbocycles. The van der Waals surface area contributed by atoms with Crippen molar-refractivity contribution in [1.82, 2.24) is 0 Å². The summed E-state index contributed by atoms with van der Waals surface area (Å²) in [5, 5.41) is 0. The molecule has 0 aromatic heterocycles. The van der Waals surface area contributed by atoms with E-state index in [4.69, 9.17) is 14.2 Å². The Morgan fingerprint density at radius 3 is 2.80 bits per heavy atom. The van der Waals surface area contributed by atoms with Crippen LogP contribution in [0.15, 0.2) is 34.9 Å². The topological polar surface area (TPSA) is 65.1 Å². The second-order valence-corrected chi connectivity index (χ2v) is 7.82. The van der Waals surface area contributed by atoms with Gasteiger partial charge in [0.15, 0.2) is 0 Å². The number of esters is 2. The van der Waals surface area contributed by atoms with E-state index in [-0.39, 0.29) is 41.6 Å². The van der Waals surface area contributed by atoms with E-state index in [1.165, 1.54) is 11.1 Å². The second kappa shape index (κ2) is 5.31. The van der Waals surface area contributed by atoms with Gasteiger partial charge in [-0.1, -0.05) is 23.8 Å². The SMILES string of the molecule is C=C1C(=O)O[C@H]2[C@H]1[C@@H](OC(=O)/C(C)=C\C)CC(C)=C1C[C@@H]3O[C@]3(C)[C@@H]12. The monoisotopic (exact) mass is 344 g/mol. The van der Waals surface area contributed by atoms with E-state index in [1.807, 2.05) is 0 Å². The molecule has 0 unspecified atom stereocenters. The average molecular weight is 344 g/mol. The Morgan fingerprint density at radius 1 is 1.40 bits per heavy atom. The van der Waals surface area contributed by atoms with Crippen molar-refractivity contribution < 1.29 is 23.8 Å². The largest absolute Gasteiger partial charge is 0.458 e. The van der Waals surface area contributed by atoms with Crippen molar-refractivity contribution >= 4 is 11.9 Å². The van der Waals surface area contributed by atoms with E-state index >= 15 is 0 Å². The van der Waals surface area contributed by atoms with Gasteiger partial charge in [0.1, 0.15) is 17.8 Å². The molecule has 0 N–H and O–H groups in total. The molecule has 0 spiro atoms. The number of ether oxygens (including phenoxy) is 3. The molecule has 0 amide bonds. The average Bonchev–Trinajstić information content (AvgIpc) is 3.03. The summed E-state index contributed by atoms with van der Waals surface area (Å²) in [6.45, 7) is 11.7. The van der Waals surface area contributed by atoms with Crippen molar-refractivity contribution in [1.29, 1.82) is 0 Å². The summed E-state index contributed by atoms with van der Waals surface area (Å²) in [6, 6.07) is 0. The minimum atomic E-state index is -0.440. The Hall–Kier alpha value is -1.88. The first-order valence-corrected chi connectivity index (χ1v) is 8.88. The van der Waals surface area contributed by atoms with Gasteiger partial charge < -0.3 is 14.2 Å². The predicted molar refractivity (Wildman–Crippen MR) is 90.5 cm³/mol. The van der Waals surface area contributed by atoms with Crippen molar-refractivity contribution in [2.24, 2.45) is 11.8 Å². The molecular formula is C20H24O5. The summed E-state index contributed by atoms with van der Waals surface area (Å²) in [4.78, 5) is 24.6. The van der Waals surface area contributed by atoms with Gasteiger partial charge in [-0.05, 0) is 34.1 Å². The summed E-state index contributed by atoms with van der Waals surface area (Å²) in [5.74, 6) is -1.03. The van der Waals surface area contributed by atoms with Crippen LogP contribution in [-0.4, -0.2) is 35.9 Å². The molecule has 3 fully saturated rings. The van der Waals surface area contributed by atoms with E-state index in [2.05, 4.69) is 20.4 Å². The zero-order chi connectivity index (χ0) is 18.1. The van der Waals surface area contributed by atoms with Crippen LogP contribution in [0.4, 0.5) is 0 Å².